The minimum absolute atomic E-state index is 0.197. The van der Waals surface area contributed by atoms with Crippen molar-refractivity contribution in [1.29, 1.82) is 0 Å². The van der Waals surface area contributed by atoms with Crippen LogP contribution in [0.25, 0.3) is 0 Å². The van der Waals surface area contributed by atoms with Gasteiger partial charge < -0.3 is 4.74 Å². The van der Waals surface area contributed by atoms with Crippen molar-refractivity contribution in [3.8, 4) is 5.75 Å². The van der Waals surface area contributed by atoms with Crippen LogP contribution in [0.3, 0.4) is 0 Å². The Hall–Kier alpha value is -1.31. The van der Waals surface area contributed by atoms with Gasteiger partial charge in [-0.2, -0.15) is 0 Å². The fourth-order valence-corrected chi connectivity index (χ4v) is 1.05. The first-order valence-corrected chi connectivity index (χ1v) is 4.63. The van der Waals surface area contributed by atoms with Gasteiger partial charge in [-0.05, 0) is 37.6 Å². The van der Waals surface area contributed by atoms with E-state index in [1.54, 1.807) is 19.1 Å². The summed E-state index contributed by atoms with van der Waals surface area (Å²) in [4.78, 5) is 0. The van der Waals surface area contributed by atoms with E-state index in [4.69, 9.17) is 4.74 Å². The van der Waals surface area contributed by atoms with Crippen molar-refractivity contribution in [2.24, 2.45) is 0 Å². The van der Waals surface area contributed by atoms with E-state index in [9.17, 15) is 4.39 Å². The molecule has 0 aromatic heterocycles. The van der Waals surface area contributed by atoms with Crippen LogP contribution in [0.5, 0.6) is 5.75 Å². The second-order valence-corrected chi connectivity index (χ2v) is 3.47. The third-order valence-corrected chi connectivity index (χ3v) is 1.93. The molecule has 76 valence electrons. The Morgan fingerprint density at radius 3 is 2.79 bits per heavy atom. The van der Waals surface area contributed by atoms with E-state index in [0.717, 1.165) is 12.0 Å². The van der Waals surface area contributed by atoms with Crippen LogP contribution in [-0.2, 0) is 0 Å². The molecule has 0 aliphatic rings. The quantitative estimate of drug-likeness (QED) is 0.667. The zero-order valence-electron chi connectivity index (χ0n) is 8.64. The van der Waals surface area contributed by atoms with Gasteiger partial charge >= 0.3 is 0 Å². The maximum absolute atomic E-state index is 12.9. The largest absolute Gasteiger partial charge is 0.493 e. The Morgan fingerprint density at radius 1 is 1.50 bits per heavy atom. The predicted molar refractivity (Wildman–Crippen MR) is 56.1 cm³/mol. The van der Waals surface area contributed by atoms with Crippen LogP contribution in [0.4, 0.5) is 4.39 Å². The van der Waals surface area contributed by atoms with Gasteiger partial charge in [-0.25, -0.2) is 4.39 Å². The highest BCUT2D eigenvalue weighted by atomic mass is 19.1. The maximum Gasteiger partial charge on any atom is 0.126 e. The zero-order valence-corrected chi connectivity index (χ0v) is 8.64. The van der Waals surface area contributed by atoms with Gasteiger partial charge in [-0.3, -0.25) is 0 Å². The van der Waals surface area contributed by atoms with Gasteiger partial charge in [0.15, 0.2) is 0 Å². The molecule has 0 bridgehead atoms. The Labute approximate surface area is 84.2 Å². The number of ether oxygens (including phenoxy) is 1. The van der Waals surface area contributed by atoms with Gasteiger partial charge in [0.1, 0.15) is 11.6 Å². The standard InChI is InChI=1S/C12H15FO/c1-9(2)6-7-14-11-4-5-12(13)10(3)8-11/h4-5,8H,1,6-7H2,2-3H3. The average molecular weight is 194 g/mol. The van der Waals surface area contributed by atoms with E-state index < -0.39 is 0 Å². The Bertz CT molecular complexity index is 331. The van der Waals surface area contributed by atoms with Crippen LogP contribution in [0.15, 0.2) is 30.4 Å². The molecule has 2 heteroatoms. The number of hydrogen-bond acceptors (Lipinski definition) is 1. The number of benzene rings is 1. The van der Waals surface area contributed by atoms with Crippen molar-refractivity contribution in [2.45, 2.75) is 20.3 Å². The highest BCUT2D eigenvalue weighted by Gasteiger charge is 1.99. The predicted octanol–water partition coefficient (Wildman–Crippen LogP) is 3.48. The van der Waals surface area contributed by atoms with Crippen molar-refractivity contribution >= 4 is 0 Å². The molecule has 0 atom stereocenters. The smallest absolute Gasteiger partial charge is 0.126 e. The average Bonchev–Trinajstić information content (AvgIpc) is 2.10. The third kappa shape index (κ3) is 3.21. The summed E-state index contributed by atoms with van der Waals surface area (Å²) in [7, 11) is 0. The Kier molecular flexibility index (Phi) is 3.69. The maximum atomic E-state index is 12.9. The first-order chi connectivity index (χ1) is 6.59. The number of hydrogen-bond donors (Lipinski definition) is 0. The molecule has 1 rings (SSSR count). The first-order valence-electron chi connectivity index (χ1n) is 4.63. The summed E-state index contributed by atoms with van der Waals surface area (Å²) in [5.74, 6) is 0.516. The lowest BCUT2D eigenvalue weighted by atomic mass is 10.2. The normalized spacial score (nSPS) is 9.93. The first kappa shape index (κ1) is 10.8. The molecule has 0 N–H and O–H groups in total. The summed E-state index contributed by atoms with van der Waals surface area (Å²) >= 11 is 0. The molecule has 0 unspecified atom stereocenters. The fraction of sp³-hybridized carbons (Fsp3) is 0.333. The molecule has 1 nitrogen and oxygen atoms in total. The van der Waals surface area contributed by atoms with Crippen LogP contribution in [0, 0.1) is 12.7 Å². The van der Waals surface area contributed by atoms with Crippen LogP contribution < -0.4 is 4.74 Å². The van der Waals surface area contributed by atoms with Crippen LogP contribution >= 0.6 is 0 Å². The van der Waals surface area contributed by atoms with E-state index in [1.807, 2.05) is 6.92 Å². The minimum Gasteiger partial charge on any atom is -0.493 e. The molecule has 0 saturated carbocycles. The summed E-state index contributed by atoms with van der Waals surface area (Å²) in [6.45, 7) is 8.06. The lowest BCUT2D eigenvalue weighted by Gasteiger charge is -2.06. The van der Waals surface area contributed by atoms with Gasteiger partial charge in [-0.1, -0.05) is 5.57 Å². The SMILES string of the molecule is C=C(C)CCOc1ccc(F)c(C)c1. The molecule has 0 fully saturated rings. The third-order valence-electron chi connectivity index (χ3n) is 1.93. The number of rotatable bonds is 4. The van der Waals surface area contributed by atoms with Crippen molar-refractivity contribution < 1.29 is 9.13 Å². The van der Waals surface area contributed by atoms with Gasteiger partial charge in [0.25, 0.3) is 0 Å². The van der Waals surface area contributed by atoms with E-state index in [0.29, 0.717) is 17.9 Å². The monoisotopic (exact) mass is 194 g/mol. The number of halogens is 1. The Balaban J connectivity index is 2.51. The topological polar surface area (TPSA) is 9.23 Å². The second kappa shape index (κ2) is 4.80. The van der Waals surface area contributed by atoms with Crippen LogP contribution in [0.1, 0.15) is 18.9 Å². The molecule has 0 amide bonds. The van der Waals surface area contributed by atoms with E-state index in [2.05, 4.69) is 6.58 Å². The van der Waals surface area contributed by atoms with Gasteiger partial charge in [0.05, 0.1) is 6.61 Å². The molecule has 0 saturated heterocycles. The zero-order chi connectivity index (χ0) is 10.6. The minimum atomic E-state index is -0.197. The summed E-state index contributed by atoms with van der Waals surface area (Å²) in [5.41, 5.74) is 1.70. The molecule has 0 aliphatic heterocycles. The molecule has 0 radical (unpaired) electrons. The van der Waals surface area contributed by atoms with E-state index in [-0.39, 0.29) is 5.82 Å². The molecular weight excluding hydrogens is 179 g/mol. The number of aryl methyl sites for hydroxylation is 1. The molecule has 14 heavy (non-hydrogen) atoms. The highest BCUT2D eigenvalue weighted by molar-refractivity contribution is 5.28. The second-order valence-electron chi connectivity index (χ2n) is 3.47. The highest BCUT2D eigenvalue weighted by Crippen LogP contribution is 2.16. The van der Waals surface area contributed by atoms with Gasteiger partial charge in [0.2, 0.25) is 0 Å². The van der Waals surface area contributed by atoms with Crippen molar-refractivity contribution in [3.05, 3.63) is 41.7 Å². The van der Waals surface area contributed by atoms with Crippen molar-refractivity contribution in [3.63, 3.8) is 0 Å². The van der Waals surface area contributed by atoms with E-state index >= 15 is 0 Å². The Morgan fingerprint density at radius 2 is 2.21 bits per heavy atom. The van der Waals surface area contributed by atoms with Crippen LogP contribution in [-0.4, -0.2) is 6.61 Å². The van der Waals surface area contributed by atoms with Gasteiger partial charge in [-0.15, -0.1) is 6.58 Å². The summed E-state index contributed by atoms with van der Waals surface area (Å²) in [6, 6.07) is 4.76. The van der Waals surface area contributed by atoms with Gasteiger partial charge in [0, 0.05) is 6.42 Å². The lowest BCUT2D eigenvalue weighted by molar-refractivity contribution is 0.321. The van der Waals surface area contributed by atoms with E-state index in [1.165, 1.54) is 6.07 Å². The fourth-order valence-electron chi connectivity index (χ4n) is 1.05. The van der Waals surface area contributed by atoms with Crippen molar-refractivity contribution in [2.75, 3.05) is 6.61 Å². The molecule has 0 spiro atoms. The van der Waals surface area contributed by atoms with Crippen LogP contribution in [0.2, 0.25) is 0 Å². The molecule has 1 aromatic rings. The molecular formula is C12H15FO. The molecule has 0 heterocycles. The summed E-state index contributed by atoms with van der Waals surface area (Å²) < 4.78 is 18.3. The summed E-state index contributed by atoms with van der Waals surface area (Å²) in [6.07, 6.45) is 0.830. The molecule has 0 aliphatic carbocycles. The molecule has 1 aromatic carbocycles. The summed E-state index contributed by atoms with van der Waals surface area (Å²) in [5, 5.41) is 0. The lowest BCUT2D eigenvalue weighted by Crippen LogP contribution is -1.98. The van der Waals surface area contributed by atoms with Crippen molar-refractivity contribution in [1.82, 2.24) is 0 Å².